The Hall–Kier alpha value is -2.75. The second-order valence-corrected chi connectivity index (χ2v) is 9.35. The average Bonchev–Trinajstić information content (AvgIpc) is 3.42. The van der Waals surface area contributed by atoms with Crippen molar-refractivity contribution < 1.29 is 9.47 Å². The van der Waals surface area contributed by atoms with Crippen LogP contribution in [-0.2, 0) is 4.74 Å². The molecule has 170 valence electrons. The molecule has 4 heterocycles. The Morgan fingerprint density at radius 2 is 2.15 bits per heavy atom. The third-order valence-corrected chi connectivity index (χ3v) is 5.99. The summed E-state index contributed by atoms with van der Waals surface area (Å²) in [5.41, 5.74) is 1.60. The van der Waals surface area contributed by atoms with Crippen LogP contribution in [0.1, 0.15) is 19.1 Å². The number of rotatable bonds is 6. The van der Waals surface area contributed by atoms with Crippen molar-refractivity contribution in [2.45, 2.75) is 25.2 Å². The van der Waals surface area contributed by atoms with Crippen LogP contribution in [0.3, 0.4) is 0 Å². The maximum absolute atomic E-state index is 6.28. The predicted molar refractivity (Wildman–Crippen MR) is 132 cm³/mol. The molecule has 0 amide bonds. The molecule has 1 saturated heterocycles. The first-order chi connectivity index (χ1) is 16.0. The summed E-state index contributed by atoms with van der Waals surface area (Å²) in [5, 5.41) is 2.04. The fourth-order valence-electron chi connectivity index (χ4n) is 3.86. The highest BCUT2D eigenvalue weighted by atomic mass is 79.9. The van der Waals surface area contributed by atoms with Crippen molar-refractivity contribution in [3.63, 3.8) is 0 Å². The molecule has 5 rings (SSSR count). The van der Waals surface area contributed by atoms with Crippen LogP contribution >= 0.6 is 27.5 Å². The summed E-state index contributed by atoms with van der Waals surface area (Å²) in [7, 11) is 3.80. The van der Waals surface area contributed by atoms with Gasteiger partial charge in [-0.05, 0) is 64.6 Å². The van der Waals surface area contributed by atoms with Crippen LogP contribution in [0.4, 0.5) is 5.82 Å². The standard InChI is InChI=1S/C23H22BrClN6O2/c1-30(2)13-27-21-18-7-8-31(22(18)29-23(25)28-21)20-6-5-17(33-20)12-32-16-4-3-14-9-15(24)11-26-19(14)10-16/h3-4,7-11,13,17,20H,5-6,12H2,1-2H3/b27-13+/t17-,20+/m0/s1. The number of hydrogen-bond donors (Lipinski definition) is 0. The van der Waals surface area contributed by atoms with E-state index < -0.39 is 0 Å². The fourth-order valence-corrected chi connectivity index (χ4v) is 4.37. The summed E-state index contributed by atoms with van der Waals surface area (Å²) in [4.78, 5) is 19.4. The van der Waals surface area contributed by atoms with E-state index in [9.17, 15) is 0 Å². The van der Waals surface area contributed by atoms with Crippen molar-refractivity contribution in [2.75, 3.05) is 20.7 Å². The molecule has 0 spiro atoms. The third kappa shape index (κ3) is 4.80. The van der Waals surface area contributed by atoms with Crippen molar-refractivity contribution >= 4 is 61.6 Å². The van der Waals surface area contributed by atoms with Crippen molar-refractivity contribution in [1.29, 1.82) is 0 Å². The van der Waals surface area contributed by atoms with Gasteiger partial charge in [0, 0.05) is 42.4 Å². The molecule has 1 aromatic carbocycles. The van der Waals surface area contributed by atoms with Gasteiger partial charge < -0.3 is 18.9 Å². The van der Waals surface area contributed by atoms with Gasteiger partial charge in [0.1, 0.15) is 24.2 Å². The van der Waals surface area contributed by atoms with Gasteiger partial charge in [-0.15, -0.1) is 0 Å². The average molecular weight is 530 g/mol. The van der Waals surface area contributed by atoms with E-state index >= 15 is 0 Å². The molecule has 0 N–H and O–H groups in total. The Morgan fingerprint density at radius 3 is 3.00 bits per heavy atom. The molecule has 2 atom stereocenters. The van der Waals surface area contributed by atoms with Crippen molar-refractivity contribution in [2.24, 2.45) is 4.99 Å². The molecular formula is C23H22BrClN6O2. The molecule has 33 heavy (non-hydrogen) atoms. The maximum atomic E-state index is 6.28. The molecule has 10 heteroatoms. The number of nitrogens with zero attached hydrogens (tertiary/aromatic N) is 6. The number of fused-ring (bicyclic) bond motifs is 2. The monoisotopic (exact) mass is 528 g/mol. The minimum absolute atomic E-state index is 0.0236. The summed E-state index contributed by atoms with van der Waals surface area (Å²) in [5.74, 6) is 1.31. The zero-order valence-electron chi connectivity index (χ0n) is 18.2. The van der Waals surface area contributed by atoms with Gasteiger partial charge in [0.15, 0.2) is 5.82 Å². The van der Waals surface area contributed by atoms with E-state index in [0.717, 1.165) is 39.4 Å². The van der Waals surface area contributed by atoms with Crippen LogP contribution in [0.15, 0.2) is 52.2 Å². The van der Waals surface area contributed by atoms with E-state index in [-0.39, 0.29) is 17.6 Å². The Balaban J connectivity index is 1.29. The highest BCUT2D eigenvalue weighted by Crippen LogP contribution is 2.34. The number of ether oxygens (including phenoxy) is 2. The van der Waals surface area contributed by atoms with Crippen molar-refractivity contribution in [3.8, 4) is 5.75 Å². The molecule has 0 aliphatic carbocycles. The largest absolute Gasteiger partial charge is 0.491 e. The number of aliphatic imine (C=N–C) groups is 1. The van der Waals surface area contributed by atoms with Crippen LogP contribution in [0.25, 0.3) is 21.9 Å². The quantitative estimate of drug-likeness (QED) is 0.190. The molecule has 8 nitrogen and oxygen atoms in total. The molecule has 1 fully saturated rings. The van der Waals surface area contributed by atoms with Crippen LogP contribution < -0.4 is 4.74 Å². The second-order valence-electron chi connectivity index (χ2n) is 8.09. The molecule has 0 unspecified atom stereocenters. The number of pyridine rings is 1. The van der Waals surface area contributed by atoms with E-state index in [0.29, 0.717) is 18.1 Å². The predicted octanol–water partition coefficient (Wildman–Crippen LogP) is 5.37. The second kappa shape index (κ2) is 9.24. The van der Waals surface area contributed by atoms with Gasteiger partial charge in [0.25, 0.3) is 0 Å². The first-order valence-electron chi connectivity index (χ1n) is 10.5. The fraction of sp³-hybridized carbons (Fsp3) is 0.304. The Labute approximate surface area is 204 Å². The molecule has 0 bridgehead atoms. The minimum Gasteiger partial charge on any atom is -0.491 e. The van der Waals surface area contributed by atoms with Gasteiger partial charge in [-0.3, -0.25) is 4.98 Å². The zero-order chi connectivity index (χ0) is 22.9. The van der Waals surface area contributed by atoms with Crippen LogP contribution in [0.5, 0.6) is 5.75 Å². The van der Waals surface area contributed by atoms with E-state index in [1.54, 1.807) is 12.5 Å². The normalized spacial score (nSPS) is 18.5. The van der Waals surface area contributed by atoms with E-state index in [1.807, 2.05) is 60.1 Å². The van der Waals surface area contributed by atoms with Gasteiger partial charge in [0.05, 0.1) is 23.3 Å². The van der Waals surface area contributed by atoms with Crippen LogP contribution in [0, 0.1) is 0 Å². The molecule has 1 aliphatic rings. The third-order valence-electron chi connectivity index (χ3n) is 5.39. The molecule has 0 radical (unpaired) electrons. The summed E-state index contributed by atoms with van der Waals surface area (Å²) >= 11 is 9.63. The Kier molecular flexibility index (Phi) is 6.18. The number of benzene rings is 1. The summed E-state index contributed by atoms with van der Waals surface area (Å²) in [6.45, 7) is 0.464. The zero-order valence-corrected chi connectivity index (χ0v) is 20.5. The lowest BCUT2D eigenvalue weighted by Crippen LogP contribution is -2.18. The SMILES string of the molecule is CN(C)/C=N/c1nc(Cl)nc2c1ccn2[C@H]1CC[C@@H](COc2ccc3cc(Br)cnc3c2)O1. The maximum Gasteiger partial charge on any atom is 0.226 e. The highest BCUT2D eigenvalue weighted by Gasteiger charge is 2.28. The minimum atomic E-state index is -0.150. The van der Waals surface area contributed by atoms with Gasteiger partial charge in [-0.1, -0.05) is 0 Å². The van der Waals surface area contributed by atoms with E-state index in [4.69, 9.17) is 21.1 Å². The van der Waals surface area contributed by atoms with Crippen molar-refractivity contribution in [3.05, 3.63) is 52.5 Å². The lowest BCUT2D eigenvalue weighted by Gasteiger charge is -2.16. The number of hydrogen-bond acceptors (Lipinski definition) is 6. The van der Waals surface area contributed by atoms with Gasteiger partial charge in [0.2, 0.25) is 5.28 Å². The Bertz CT molecular complexity index is 1340. The first kappa shape index (κ1) is 22.1. The van der Waals surface area contributed by atoms with E-state index in [1.165, 1.54) is 0 Å². The smallest absolute Gasteiger partial charge is 0.226 e. The molecule has 4 aromatic rings. The molecule has 3 aromatic heterocycles. The van der Waals surface area contributed by atoms with Gasteiger partial charge in [-0.25, -0.2) is 4.99 Å². The molecule has 0 saturated carbocycles. The summed E-state index contributed by atoms with van der Waals surface area (Å²) in [6, 6.07) is 9.89. The van der Waals surface area contributed by atoms with Crippen LogP contribution in [0.2, 0.25) is 5.28 Å². The van der Waals surface area contributed by atoms with Gasteiger partial charge in [-0.2, -0.15) is 9.97 Å². The van der Waals surface area contributed by atoms with Crippen LogP contribution in [-0.4, -0.2) is 57.6 Å². The molecule has 1 aliphatic heterocycles. The lowest BCUT2D eigenvalue weighted by atomic mass is 10.2. The molecular weight excluding hydrogens is 508 g/mol. The van der Waals surface area contributed by atoms with E-state index in [2.05, 4.69) is 35.9 Å². The van der Waals surface area contributed by atoms with Gasteiger partial charge >= 0.3 is 0 Å². The topological polar surface area (TPSA) is 77.7 Å². The summed E-state index contributed by atoms with van der Waals surface area (Å²) < 4.78 is 15.2. The summed E-state index contributed by atoms with van der Waals surface area (Å²) in [6.07, 6.45) is 6.98. The van der Waals surface area contributed by atoms with Crippen molar-refractivity contribution in [1.82, 2.24) is 24.4 Å². The number of halogens is 2. The highest BCUT2D eigenvalue weighted by molar-refractivity contribution is 9.10. The number of aromatic nitrogens is 4. The Morgan fingerprint density at radius 1 is 1.27 bits per heavy atom. The lowest BCUT2D eigenvalue weighted by molar-refractivity contribution is -0.0156. The first-order valence-corrected chi connectivity index (χ1v) is 11.7.